The Morgan fingerprint density at radius 2 is 1.85 bits per heavy atom. The number of halogens is 1. The maximum absolute atomic E-state index is 14.7. The molecule has 0 aliphatic heterocycles. The lowest BCUT2D eigenvalue weighted by Crippen LogP contribution is -2.51. The number of rotatable bonds is 6. The van der Waals surface area contributed by atoms with E-state index in [1.165, 1.54) is 24.1 Å². The molecule has 0 aliphatic carbocycles. The quantitative estimate of drug-likeness (QED) is 0.454. The Balaban J connectivity index is 3.30. The van der Waals surface area contributed by atoms with Gasteiger partial charge in [0.2, 0.25) is 0 Å². The SMILES string of the molecule is CC(C)N(C)CC(F)([N+](=O)[O-])S(=O)(=O)c1ccccc1. The average Bonchev–Trinajstić information content (AvgIpc) is 2.38. The van der Waals surface area contributed by atoms with Gasteiger partial charge in [-0.3, -0.25) is 15.0 Å². The van der Waals surface area contributed by atoms with Gasteiger partial charge in [0.15, 0.2) is 0 Å². The molecule has 0 heterocycles. The number of hydrogen-bond acceptors (Lipinski definition) is 5. The summed E-state index contributed by atoms with van der Waals surface area (Å²) in [4.78, 5) is 10.5. The van der Waals surface area contributed by atoms with Crippen LogP contribution in [0.15, 0.2) is 35.2 Å². The van der Waals surface area contributed by atoms with E-state index in [4.69, 9.17) is 0 Å². The minimum atomic E-state index is -4.74. The highest BCUT2D eigenvalue weighted by Crippen LogP contribution is 2.29. The summed E-state index contributed by atoms with van der Waals surface area (Å²) in [6, 6.07) is 6.38. The summed E-state index contributed by atoms with van der Waals surface area (Å²) in [5, 5.41) is 7.45. The van der Waals surface area contributed by atoms with Gasteiger partial charge in [0.25, 0.3) is 9.84 Å². The van der Waals surface area contributed by atoms with Gasteiger partial charge in [0.05, 0.1) is 9.82 Å². The molecule has 0 saturated heterocycles. The van der Waals surface area contributed by atoms with Gasteiger partial charge < -0.3 is 0 Å². The highest BCUT2D eigenvalue weighted by Gasteiger charge is 2.58. The molecule has 0 aromatic heterocycles. The van der Waals surface area contributed by atoms with Crippen LogP contribution in [0.5, 0.6) is 0 Å². The molecule has 0 fully saturated rings. The van der Waals surface area contributed by atoms with E-state index in [1.807, 2.05) is 0 Å². The smallest absolute Gasteiger partial charge is 0.294 e. The van der Waals surface area contributed by atoms with Crippen LogP contribution >= 0.6 is 0 Å². The van der Waals surface area contributed by atoms with Crippen LogP contribution in [-0.4, -0.2) is 43.0 Å². The number of hydrogen-bond donors (Lipinski definition) is 0. The molecule has 0 aliphatic rings. The Morgan fingerprint density at radius 1 is 1.35 bits per heavy atom. The van der Waals surface area contributed by atoms with Crippen LogP contribution in [0.4, 0.5) is 4.39 Å². The molecule has 0 saturated carbocycles. The van der Waals surface area contributed by atoms with E-state index in [1.54, 1.807) is 19.9 Å². The van der Waals surface area contributed by atoms with Crippen molar-refractivity contribution in [3.05, 3.63) is 40.4 Å². The maximum atomic E-state index is 14.7. The number of nitrogens with zero attached hydrogens (tertiary/aromatic N) is 2. The Kier molecular flexibility index (Phi) is 4.82. The Morgan fingerprint density at radius 3 is 2.25 bits per heavy atom. The lowest BCUT2D eigenvalue weighted by molar-refractivity contribution is -0.574. The van der Waals surface area contributed by atoms with Gasteiger partial charge in [-0.25, -0.2) is 8.42 Å². The van der Waals surface area contributed by atoms with E-state index in [0.717, 1.165) is 12.1 Å². The van der Waals surface area contributed by atoms with Gasteiger partial charge in [0.1, 0.15) is 6.54 Å². The van der Waals surface area contributed by atoms with Gasteiger partial charge >= 0.3 is 5.12 Å². The molecule has 1 aromatic carbocycles. The summed E-state index contributed by atoms with van der Waals surface area (Å²) in [5.74, 6) is 0. The first-order valence-electron chi connectivity index (χ1n) is 5.96. The largest absolute Gasteiger partial charge is 0.475 e. The fourth-order valence-electron chi connectivity index (χ4n) is 1.51. The van der Waals surface area contributed by atoms with Crippen molar-refractivity contribution in [2.45, 2.75) is 29.9 Å². The van der Waals surface area contributed by atoms with E-state index >= 15 is 0 Å². The predicted molar refractivity (Wildman–Crippen MR) is 72.2 cm³/mol. The van der Waals surface area contributed by atoms with E-state index < -0.39 is 31.3 Å². The first kappa shape index (κ1) is 16.5. The van der Waals surface area contributed by atoms with Crippen molar-refractivity contribution in [2.24, 2.45) is 0 Å². The predicted octanol–water partition coefficient (Wildman–Crippen LogP) is 1.70. The number of likely N-dealkylation sites (N-methyl/N-ethyl adjacent to an activating group) is 1. The van der Waals surface area contributed by atoms with E-state index in [2.05, 4.69) is 0 Å². The molecular formula is C12H17FN2O4S. The zero-order chi connectivity index (χ0) is 15.6. The molecule has 1 rings (SSSR count). The van der Waals surface area contributed by atoms with E-state index in [9.17, 15) is 22.9 Å². The molecule has 0 amide bonds. The summed E-state index contributed by atoms with van der Waals surface area (Å²) in [6.07, 6.45) is 0. The fourth-order valence-corrected chi connectivity index (χ4v) is 2.96. The Bertz CT molecular complexity index is 576. The van der Waals surface area contributed by atoms with Crippen molar-refractivity contribution in [3.63, 3.8) is 0 Å². The third-order valence-corrected chi connectivity index (χ3v) is 5.06. The zero-order valence-corrected chi connectivity index (χ0v) is 12.3. The molecule has 0 bridgehead atoms. The van der Waals surface area contributed by atoms with Gasteiger partial charge in [-0.15, -0.1) is 4.39 Å². The highest BCUT2D eigenvalue weighted by molar-refractivity contribution is 7.92. The van der Waals surface area contributed by atoms with Crippen molar-refractivity contribution in [1.29, 1.82) is 0 Å². The average molecular weight is 304 g/mol. The second-order valence-electron chi connectivity index (χ2n) is 4.77. The number of alkyl halides is 1. The second kappa shape index (κ2) is 5.84. The Hall–Kier alpha value is -1.54. The standard InChI is InChI=1S/C12H17FN2O4S/c1-10(2)14(3)9-12(13,15(16)17)20(18,19)11-7-5-4-6-8-11/h4-8,10H,9H2,1-3H3. The van der Waals surface area contributed by atoms with Crippen LogP contribution in [0.2, 0.25) is 0 Å². The summed E-state index contributed by atoms with van der Waals surface area (Å²) in [7, 11) is -3.30. The van der Waals surface area contributed by atoms with E-state index in [0.29, 0.717) is 0 Å². The number of benzene rings is 1. The minimum absolute atomic E-state index is 0.226. The number of nitro groups is 1. The molecule has 1 atom stereocenters. The van der Waals surface area contributed by atoms with Crippen LogP contribution in [0.25, 0.3) is 0 Å². The highest BCUT2D eigenvalue weighted by atomic mass is 32.2. The summed E-state index contributed by atoms with van der Waals surface area (Å²) >= 11 is 0. The maximum Gasteiger partial charge on any atom is 0.475 e. The fraction of sp³-hybridized carbons (Fsp3) is 0.500. The van der Waals surface area contributed by atoms with Crippen molar-refractivity contribution in [3.8, 4) is 0 Å². The first-order chi connectivity index (χ1) is 9.13. The monoisotopic (exact) mass is 304 g/mol. The van der Waals surface area contributed by atoms with Gasteiger partial charge in [0, 0.05) is 6.04 Å². The van der Waals surface area contributed by atoms with Crippen LogP contribution in [0.3, 0.4) is 0 Å². The van der Waals surface area contributed by atoms with Crippen molar-refractivity contribution in [2.75, 3.05) is 13.6 Å². The van der Waals surface area contributed by atoms with Crippen LogP contribution in [0.1, 0.15) is 13.8 Å². The van der Waals surface area contributed by atoms with Gasteiger partial charge in [-0.05, 0) is 33.0 Å². The van der Waals surface area contributed by atoms with Crippen molar-refractivity contribution < 1.29 is 17.7 Å². The summed E-state index contributed by atoms with van der Waals surface area (Å²) < 4.78 is 39.1. The van der Waals surface area contributed by atoms with E-state index in [-0.39, 0.29) is 6.04 Å². The molecule has 0 N–H and O–H groups in total. The molecule has 8 heteroatoms. The van der Waals surface area contributed by atoms with Gasteiger partial charge in [-0.2, -0.15) is 0 Å². The van der Waals surface area contributed by atoms with Gasteiger partial charge in [-0.1, -0.05) is 18.2 Å². The van der Waals surface area contributed by atoms with Crippen LogP contribution in [-0.2, 0) is 9.84 Å². The van der Waals surface area contributed by atoms with Crippen molar-refractivity contribution in [1.82, 2.24) is 4.90 Å². The third kappa shape index (κ3) is 2.96. The lowest BCUT2D eigenvalue weighted by atomic mass is 10.3. The normalized spacial score (nSPS) is 15.3. The minimum Gasteiger partial charge on any atom is -0.294 e. The molecule has 1 aromatic rings. The van der Waals surface area contributed by atoms with Crippen LogP contribution < -0.4 is 0 Å². The summed E-state index contributed by atoms with van der Waals surface area (Å²) in [5.41, 5.74) is 0. The molecule has 0 spiro atoms. The molecule has 112 valence electrons. The van der Waals surface area contributed by atoms with Crippen molar-refractivity contribution >= 4 is 9.84 Å². The first-order valence-corrected chi connectivity index (χ1v) is 7.44. The molecule has 20 heavy (non-hydrogen) atoms. The zero-order valence-electron chi connectivity index (χ0n) is 11.5. The number of sulfone groups is 1. The lowest BCUT2D eigenvalue weighted by Gasteiger charge is -2.25. The third-order valence-electron chi connectivity index (χ3n) is 3.06. The molecule has 0 radical (unpaired) electrons. The molecular weight excluding hydrogens is 287 g/mol. The molecule has 1 unspecified atom stereocenters. The molecule has 6 nitrogen and oxygen atoms in total. The summed E-state index contributed by atoms with van der Waals surface area (Å²) in [6.45, 7) is 2.54. The second-order valence-corrected chi connectivity index (χ2v) is 6.88. The van der Waals surface area contributed by atoms with Crippen LogP contribution in [0, 0.1) is 10.1 Å². The Labute approximate surface area is 117 Å². The topological polar surface area (TPSA) is 80.5 Å².